The predicted octanol–water partition coefficient (Wildman–Crippen LogP) is 3.82. The zero-order valence-corrected chi connectivity index (χ0v) is 16.3. The molecule has 0 aliphatic rings. The van der Waals surface area contributed by atoms with E-state index in [2.05, 4.69) is 4.90 Å². The minimum absolute atomic E-state index is 0.0250. The number of aryl methyl sites for hydroxylation is 1. The number of para-hydroxylation sites is 1. The Morgan fingerprint density at radius 1 is 1.12 bits per heavy atom. The van der Waals surface area contributed by atoms with E-state index in [1.807, 2.05) is 63.5 Å². The van der Waals surface area contributed by atoms with Gasteiger partial charge >= 0.3 is 0 Å². The van der Waals surface area contributed by atoms with Crippen LogP contribution in [0.15, 0.2) is 42.5 Å². The predicted molar refractivity (Wildman–Crippen MR) is 108 cm³/mol. The van der Waals surface area contributed by atoms with Crippen molar-refractivity contribution in [1.29, 1.82) is 0 Å². The van der Waals surface area contributed by atoms with Gasteiger partial charge in [0, 0.05) is 18.7 Å². The first-order chi connectivity index (χ1) is 12.5. The fourth-order valence-corrected chi connectivity index (χ4v) is 3.74. The molecule has 0 saturated carbocycles. The monoisotopic (exact) mass is 369 g/mol. The van der Waals surface area contributed by atoms with E-state index < -0.39 is 0 Å². The van der Waals surface area contributed by atoms with Gasteiger partial charge in [-0.1, -0.05) is 35.6 Å². The molecule has 0 aliphatic carbocycles. The molecule has 1 amide bonds. The molecule has 0 fully saturated rings. The summed E-state index contributed by atoms with van der Waals surface area (Å²) in [7, 11) is 5.63. The molecule has 2 aromatic carbocycles. The molecule has 6 heteroatoms. The zero-order valence-electron chi connectivity index (χ0n) is 15.5. The molecular weight excluding hydrogens is 346 g/mol. The standard InChI is InChI=1S/C20H23N3O2S/c1-14-8-5-6-9-15(14)19(24)23(13-12-22(2)3)20-21-18-16(25-4)10-7-11-17(18)26-20/h5-11H,12-13H2,1-4H3. The number of fused-ring (bicyclic) bond motifs is 1. The van der Waals surface area contributed by atoms with Crippen LogP contribution in [0.3, 0.4) is 0 Å². The second-order valence-electron chi connectivity index (χ2n) is 6.38. The molecule has 0 N–H and O–H groups in total. The normalized spacial score (nSPS) is 11.1. The Balaban J connectivity index is 2.04. The van der Waals surface area contributed by atoms with Crippen LogP contribution in [0.25, 0.3) is 10.2 Å². The topological polar surface area (TPSA) is 45.7 Å². The number of amides is 1. The maximum absolute atomic E-state index is 13.3. The van der Waals surface area contributed by atoms with Gasteiger partial charge in [-0.25, -0.2) is 4.98 Å². The second-order valence-corrected chi connectivity index (χ2v) is 7.39. The molecule has 0 spiro atoms. The summed E-state index contributed by atoms with van der Waals surface area (Å²) in [5.74, 6) is 0.698. The van der Waals surface area contributed by atoms with Crippen LogP contribution < -0.4 is 9.64 Å². The van der Waals surface area contributed by atoms with Crippen molar-refractivity contribution in [2.75, 3.05) is 39.2 Å². The lowest BCUT2D eigenvalue weighted by Crippen LogP contribution is -2.37. The fraction of sp³-hybridized carbons (Fsp3) is 0.300. The van der Waals surface area contributed by atoms with Crippen molar-refractivity contribution >= 4 is 32.6 Å². The molecule has 3 aromatic rings. The van der Waals surface area contributed by atoms with Gasteiger partial charge in [0.05, 0.1) is 11.8 Å². The summed E-state index contributed by atoms with van der Waals surface area (Å²) in [5, 5.41) is 0.694. The molecule has 26 heavy (non-hydrogen) atoms. The van der Waals surface area contributed by atoms with E-state index in [4.69, 9.17) is 9.72 Å². The van der Waals surface area contributed by atoms with Gasteiger partial charge in [-0.15, -0.1) is 0 Å². The first kappa shape index (κ1) is 18.4. The fourth-order valence-electron chi connectivity index (χ4n) is 2.73. The van der Waals surface area contributed by atoms with Crippen molar-refractivity contribution < 1.29 is 9.53 Å². The van der Waals surface area contributed by atoms with Crippen molar-refractivity contribution in [2.24, 2.45) is 0 Å². The van der Waals surface area contributed by atoms with E-state index in [0.29, 0.717) is 17.2 Å². The van der Waals surface area contributed by atoms with Crippen LogP contribution in [0.2, 0.25) is 0 Å². The van der Waals surface area contributed by atoms with E-state index >= 15 is 0 Å². The third-order valence-electron chi connectivity index (χ3n) is 4.21. The molecule has 1 heterocycles. The second kappa shape index (κ2) is 7.85. The summed E-state index contributed by atoms with van der Waals surface area (Å²) in [5.41, 5.74) is 2.46. The Hall–Kier alpha value is -2.44. The molecule has 5 nitrogen and oxygen atoms in total. The Bertz CT molecular complexity index is 920. The van der Waals surface area contributed by atoms with Crippen LogP contribution >= 0.6 is 11.3 Å². The Morgan fingerprint density at radius 2 is 1.88 bits per heavy atom. The quantitative estimate of drug-likeness (QED) is 0.663. The van der Waals surface area contributed by atoms with E-state index in [9.17, 15) is 4.79 Å². The van der Waals surface area contributed by atoms with Crippen LogP contribution in [0, 0.1) is 6.92 Å². The number of anilines is 1. The summed E-state index contributed by atoms with van der Waals surface area (Å²) < 4.78 is 6.42. The van der Waals surface area contributed by atoms with Crippen molar-refractivity contribution in [3.63, 3.8) is 0 Å². The lowest BCUT2D eigenvalue weighted by atomic mass is 10.1. The highest BCUT2D eigenvalue weighted by molar-refractivity contribution is 7.22. The van der Waals surface area contributed by atoms with Crippen LogP contribution in [-0.2, 0) is 0 Å². The van der Waals surface area contributed by atoms with Crippen molar-refractivity contribution in [2.45, 2.75) is 6.92 Å². The molecule has 0 radical (unpaired) electrons. The number of aromatic nitrogens is 1. The minimum atomic E-state index is -0.0250. The number of thiazole rings is 1. The number of carbonyl (C=O) groups is 1. The maximum atomic E-state index is 13.3. The largest absolute Gasteiger partial charge is 0.494 e. The van der Waals surface area contributed by atoms with Crippen LogP contribution in [-0.4, -0.2) is 50.1 Å². The number of ether oxygens (including phenoxy) is 1. The van der Waals surface area contributed by atoms with Crippen molar-refractivity contribution in [3.8, 4) is 5.75 Å². The average Bonchev–Trinajstić information content (AvgIpc) is 3.05. The highest BCUT2D eigenvalue weighted by Crippen LogP contribution is 2.34. The summed E-state index contributed by atoms with van der Waals surface area (Å²) in [6.45, 7) is 3.28. The minimum Gasteiger partial charge on any atom is -0.494 e. The smallest absolute Gasteiger partial charge is 0.260 e. The number of hydrogen-bond donors (Lipinski definition) is 0. The first-order valence-electron chi connectivity index (χ1n) is 8.47. The van der Waals surface area contributed by atoms with Gasteiger partial charge in [-0.05, 0) is 44.8 Å². The molecule has 136 valence electrons. The molecule has 0 unspecified atom stereocenters. The zero-order chi connectivity index (χ0) is 18.7. The summed E-state index contributed by atoms with van der Waals surface area (Å²) in [6, 6.07) is 13.5. The SMILES string of the molecule is COc1cccc2sc(N(CCN(C)C)C(=O)c3ccccc3C)nc12. The highest BCUT2D eigenvalue weighted by Gasteiger charge is 2.23. The Kier molecular flexibility index (Phi) is 5.54. The van der Waals surface area contributed by atoms with Crippen LogP contribution in [0.5, 0.6) is 5.75 Å². The third-order valence-corrected chi connectivity index (χ3v) is 5.26. The molecule has 1 aromatic heterocycles. The lowest BCUT2D eigenvalue weighted by Gasteiger charge is -2.22. The van der Waals surface area contributed by atoms with Gasteiger partial charge in [0.15, 0.2) is 5.13 Å². The number of nitrogens with zero attached hydrogens (tertiary/aromatic N) is 3. The van der Waals surface area contributed by atoms with Gasteiger partial charge in [0.25, 0.3) is 5.91 Å². The van der Waals surface area contributed by atoms with E-state index in [-0.39, 0.29) is 5.91 Å². The number of methoxy groups -OCH3 is 1. The van der Waals surface area contributed by atoms with E-state index in [1.165, 1.54) is 11.3 Å². The van der Waals surface area contributed by atoms with Crippen LogP contribution in [0.4, 0.5) is 5.13 Å². The lowest BCUT2D eigenvalue weighted by molar-refractivity contribution is 0.0984. The summed E-state index contributed by atoms with van der Waals surface area (Å²) in [4.78, 5) is 21.8. The Labute approximate surface area is 157 Å². The summed E-state index contributed by atoms with van der Waals surface area (Å²) >= 11 is 1.51. The van der Waals surface area contributed by atoms with Gasteiger partial charge in [0.1, 0.15) is 11.3 Å². The van der Waals surface area contributed by atoms with Gasteiger partial charge in [-0.2, -0.15) is 0 Å². The number of rotatable bonds is 6. The molecular formula is C20H23N3O2S. The molecule has 0 atom stereocenters. The van der Waals surface area contributed by atoms with E-state index in [1.54, 1.807) is 12.0 Å². The highest BCUT2D eigenvalue weighted by atomic mass is 32.1. The average molecular weight is 369 g/mol. The third kappa shape index (κ3) is 3.71. The number of hydrogen-bond acceptors (Lipinski definition) is 5. The maximum Gasteiger partial charge on any atom is 0.260 e. The molecule has 0 bridgehead atoms. The van der Waals surface area contributed by atoms with E-state index in [0.717, 1.165) is 28.1 Å². The number of benzene rings is 2. The summed E-state index contributed by atoms with van der Waals surface area (Å²) in [6.07, 6.45) is 0. The van der Waals surface area contributed by atoms with Crippen LogP contribution in [0.1, 0.15) is 15.9 Å². The van der Waals surface area contributed by atoms with Gasteiger partial charge in [-0.3, -0.25) is 9.69 Å². The Morgan fingerprint density at radius 3 is 2.58 bits per heavy atom. The molecule has 0 saturated heterocycles. The number of carbonyl (C=O) groups excluding carboxylic acids is 1. The van der Waals surface area contributed by atoms with Gasteiger partial charge < -0.3 is 9.64 Å². The van der Waals surface area contributed by atoms with Crippen molar-refractivity contribution in [1.82, 2.24) is 9.88 Å². The molecule has 0 aliphatic heterocycles. The molecule has 3 rings (SSSR count). The number of likely N-dealkylation sites (N-methyl/N-ethyl adjacent to an activating group) is 1. The first-order valence-corrected chi connectivity index (χ1v) is 9.28. The van der Waals surface area contributed by atoms with Gasteiger partial charge in [0.2, 0.25) is 0 Å². The van der Waals surface area contributed by atoms with Crippen molar-refractivity contribution in [3.05, 3.63) is 53.6 Å².